The first-order chi connectivity index (χ1) is 6.07. The molecule has 0 saturated heterocycles. The molecule has 2 rings (SSSR count). The highest BCUT2D eigenvalue weighted by atomic mass is 15.3. The third-order valence-electron chi connectivity index (χ3n) is 1.76. The van der Waals surface area contributed by atoms with Gasteiger partial charge in [0.05, 0.1) is 11.7 Å². The molecule has 13 heavy (non-hydrogen) atoms. The number of aromatic nitrogens is 5. The van der Waals surface area contributed by atoms with Crippen molar-refractivity contribution in [2.24, 2.45) is 0 Å². The van der Waals surface area contributed by atoms with Gasteiger partial charge in [0.1, 0.15) is 11.8 Å². The highest BCUT2D eigenvalue weighted by Gasteiger charge is 2.15. The second-order valence-corrected chi connectivity index (χ2v) is 3.91. The number of hydrogen-bond acceptors (Lipinski definition) is 4. The fourth-order valence-electron chi connectivity index (χ4n) is 1.03. The smallest absolute Gasteiger partial charge is 0.203 e. The number of fused-ring (bicyclic) bond motifs is 1. The Balaban J connectivity index is 2.63. The molecular formula is C8H11N5. The largest absolute Gasteiger partial charge is 0.263 e. The highest BCUT2D eigenvalue weighted by molar-refractivity contribution is 5.67. The summed E-state index contributed by atoms with van der Waals surface area (Å²) in [6.07, 6.45) is 3.26. The van der Waals surface area contributed by atoms with Crippen molar-refractivity contribution in [3.05, 3.63) is 12.5 Å². The molecule has 0 unspecified atom stereocenters. The molecule has 0 aliphatic rings. The maximum Gasteiger partial charge on any atom is 0.203 e. The first kappa shape index (κ1) is 8.10. The molecule has 2 heterocycles. The molecule has 0 atom stereocenters. The topological polar surface area (TPSA) is 56.5 Å². The average Bonchev–Trinajstić information content (AvgIpc) is 2.45. The minimum Gasteiger partial charge on any atom is -0.263 e. The van der Waals surface area contributed by atoms with Crippen LogP contribution in [0.2, 0.25) is 0 Å². The molecule has 0 amide bonds. The fraction of sp³-hybridized carbons (Fsp3) is 0.500. The zero-order valence-electron chi connectivity index (χ0n) is 7.89. The van der Waals surface area contributed by atoms with Crippen molar-refractivity contribution in [2.75, 3.05) is 0 Å². The number of nitrogens with zero attached hydrogens (tertiary/aromatic N) is 5. The Morgan fingerprint density at radius 3 is 2.69 bits per heavy atom. The molecule has 0 radical (unpaired) electrons. The molecular weight excluding hydrogens is 166 g/mol. The summed E-state index contributed by atoms with van der Waals surface area (Å²) in [5.74, 6) is 0. The highest BCUT2D eigenvalue weighted by Crippen LogP contribution is 2.14. The Kier molecular flexibility index (Phi) is 1.55. The molecule has 0 N–H and O–H groups in total. The van der Waals surface area contributed by atoms with Gasteiger partial charge in [0.2, 0.25) is 5.65 Å². The van der Waals surface area contributed by atoms with Gasteiger partial charge in [-0.2, -0.15) is 0 Å². The quantitative estimate of drug-likeness (QED) is 0.601. The second-order valence-electron chi connectivity index (χ2n) is 3.91. The van der Waals surface area contributed by atoms with Crippen molar-refractivity contribution in [1.29, 1.82) is 0 Å². The van der Waals surface area contributed by atoms with Gasteiger partial charge in [-0.15, -0.1) is 15.3 Å². The normalized spacial score (nSPS) is 12.2. The van der Waals surface area contributed by atoms with Crippen LogP contribution in [0.4, 0.5) is 0 Å². The lowest BCUT2D eigenvalue weighted by atomic mass is 10.1. The van der Waals surface area contributed by atoms with E-state index in [0.717, 1.165) is 5.52 Å². The van der Waals surface area contributed by atoms with Crippen LogP contribution in [0.15, 0.2) is 12.5 Å². The maximum absolute atomic E-state index is 4.29. The Morgan fingerprint density at radius 1 is 1.31 bits per heavy atom. The molecule has 2 aromatic rings. The van der Waals surface area contributed by atoms with E-state index in [2.05, 4.69) is 41.1 Å². The molecule has 68 valence electrons. The van der Waals surface area contributed by atoms with Crippen LogP contribution in [-0.4, -0.2) is 25.0 Å². The van der Waals surface area contributed by atoms with Crippen LogP contribution in [0.25, 0.3) is 11.2 Å². The molecule has 0 aromatic carbocycles. The Hall–Kier alpha value is -1.52. The van der Waals surface area contributed by atoms with Gasteiger partial charge in [-0.05, 0) is 20.8 Å². The lowest BCUT2D eigenvalue weighted by Crippen LogP contribution is -2.21. The zero-order chi connectivity index (χ0) is 9.47. The first-order valence-corrected chi connectivity index (χ1v) is 4.11. The summed E-state index contributed by atoms with van der Waals surface area (Å²) >= 11 is 0. The van der Waals surface area contributed by atoms with Crippen molar-refractivity contribution in [3.63, 3.8) is 0 Å². The minimum absolute atomic E-state index is 0.0393. The Labute approximate surface area is 75.8 Å². The van der Waals surface area contributed by atoms with Gasteiger partial charge in [-0.1, -0.05) is 0 Å². The van der Waals surface area contributed by atoms with Crippen LogP contribution in [0.1, 0.15) is 20.8 Å². The monoisotopic (exact) mass is 177 g/mol. The predicted octanol–water partition coefficient (Wildman–Crippen LogP) is 0.976. The first-order valence-electron chi connectivity index (χ1n) is 4.11. The summed E-state index contributed by atoms with van der Waals surface area (Å²) in [6.45, 7) is 6.23. The molecule has 0 saturated carbocycles. The molecule has 0 aliphatic heterocycles. The third-order valence-corrected chi connectivity index (χ3v) is 1.76. The summed E-state index contributed by atoms with van der Waals surface area (Å²) in [4.78, 5) is 4.01. The summed E-state index contributed by atoms with van der Waals surface area (Å²) < 4.78 is 1.85. The molecule has 2 aromatic heterocycles. The Morgan fingerprint density at radius 2 is 2.08 bits per heavy atom. The Bertz CT molecular complexity index is 392. The molecule has 5 heteroatoms. The van der Waals surface area contributed by atoms with E-state index in [1.807, 2.05) is 10.9 Å². The van der Waals surface area contributed by atoms with Gasteiger partial charge in [0.15, 0.2) is 0 Å². The lowest BCUT2D eigenvalue weighted by Gasteiger charge is -2.18. The second kappa shape index (κ2) is 2.48. The van der Waals surface area contributed by atoms with Crippen LogP contribution < -0.4 is 0 Å². The van der Waals surface area contributed by atoms with Crippen molar-refractivity contribution in [3.8, 4) is 0 Å². The summed E-state index contributed by atoms with van der Waals surface area (Å²) in [6, 6.07) is 0. The van der Waals surface area contributed by atoms with E-state index >= 15 is 0 Å². The van der Waals surface area contributed by atoms with Gasteiger partial charge in [-0.25, -0.2) is 4.98 Å². The van der Waals surface area contributed by atoms with Crippen LogP contribution in [0.5, 0.6) is 0 Å². The van der Waals surface area contributed by atoms with Crippen LogP contribution in [-0.2, 0) is 5.54 Å². The van der Waals surface area contributed by atoms with Crippen molar-refractivity contribution < 1.29 is 0 Å². The molecule has 0 fully saturated rings. The van der Waals surface area contributed by atoms with E-state index in [1.165, 1.54) is 6.33 Å². The third kappa shape index (κ3) is 1.37. The molecule has 0 bridgehead atoms. The number of rotatable bonds is 0. The summed E-state index contributed by atoms with van der Waals surface area (Å²) in [5, 5.41) is 11.9. The SMILES string of the molecule is CC(C)(C)n1cc2nncnc2n1. The lowest BCUT2D eigenvalue weighted by molar-refractivity contribution is 0.358. The van der Waals surface area contributed by atoms with Crippen LogP contribution >= 0.6 is 0 Å². The predicted molar refractivity (Wildman–Crippen MR) is 48.1 cm³/mol. The molecule has 5 nitrogen and oxygen atoms in total. The van der Waals surface area contributed by atoms with Crippen molar-refractivity contribution in [1.82, 2.24) is 25.0 Å². The molecule has 0 aliphatic carbocycles. The summed E-state index contributed by atoms with van der Waals surface area (Å²) in [5.41, 5.74) is 1.34. The van der Waals surface area contributed by atoms with E-state index in [1.54, 1.807) is 0 Å². The van der Waals surface area contributed by atoms with Gasteiger partial charge in [-0.3, -0.25) is 4.68 Å². The van der Waals surface area contributed by atoms with Gasteiger partial charge >= 0.3 is 0 Å². The van der Waals surface area contributed by atoms with E-state index in [9.17, 15) is 0 Å². The number of hydrogen-bond donors (Lipinski definition) is 0. The van der Waals surface area contributed by atoms with E-state index in [-0.39, 0.29) is 5.54 Å². The van der Waals surface area contributed by atoms with Crippen molar-refractivity contribution in [2.45, 2.75) is 26.3 Å². The van der Waals surface area contributed by atoms with Gasteiger partial charge < -0.3 is 0 Å². The average molecular weight is 177 g/mol. The van der Waals surface area contributed by atoms with Crippen LogP contribution in [0, 0.1) is 0 Å². The van der Waals surface area contributed by atoms with Crippen molar-refractivity contribution >= 4 is 11.2 Å². The van der Waals surface area contributed by atoms with Gasteiger partial charge in [0, 0.05) is 0 Å². The maximum atomic E-state index is 4.29. The van der Waals surface area contributed by atoms with Crippen LogP contribution in [0.3, 0.4) is 0 Å². The zero-order valence-corrected chi connectivity index (χ0v) is 7.89. The minimum atomic E-state index is -0.0393. The fourth-order valence-corrected chi connectivity index (χ4v) is 1.03. The summed E-state index contributed by atoms with van der Waals surface area (Å²) in [7, 11) is 0. The van der Waals surface area contributed by atoms with E-state index < -0.39 is 0 Å². The van der Waals surface area contributed by atoms with E-state index in [4.69, 9.17) is 0 Å². The standard InChI is InChI=1S/C8H11N5/c1-8(2,3)13-4-6-7(12-13)9-5-10-11-6/h4-5H,1-3H3. The van der Waals surface area contributed by atoms with Gasteiger partial charge in [0.25, 0.3) is 0 Å². The molecule has 0 spiro atoms. The van der Waals surface area contributed by atoms with E-state index in [0.29, 0.717) is 5.65 Å².